The summed E-state index contributed by atoms with van der Waals surface area (Å²) in [7, 11) is 0. The zero-order chi connectivity index (χ0) is 17.4. The fraction of sp³-hybridized carbons (Fsp3) is 0.312. The van der Waals surface area contributed by atoms with E-state index >= 15 is 0 Å². The first-order valence-corrected chi connectivity index (χ1v) is 9.42. The van der Waals surface area contributed by atoms with Gasteiger partial charge in [0, 0.05) is 11.1 Å². The van der Waals surface area contributed by atoms with E-state index in [1.165, 1.54) is 23.1 Å². The first-order chi connectivity index (χ1) is 11.6. The largest absolute Gasteiger partial charge is 0.494 e. The third kappa shape index (κ3) is 6.21. The van der Waals surface area contributed by atoms with E-state index in [4.69, 9.17) is 10.5 Å². The number of anilines is 1. The van der Waals surface area contributed by atoms with Crippen LogP contribution >= 0.6 is 23.1 Å². The van der Waals surface area contributed by atoms with Crippen molar-refractivity contribution >= 4 is 40.0 Å². The predicted octanol–water partition coefficient (Wildman–Crippen LogP) is 2.44. The van der Waals surface area contributed by atoms with E-state index in [0.29, 0.717) is 17.5 Å². The van der Waals surface area contributed by atoms with E-state index in [1.807, 2.05) is 36.6 Å². The van der Waals surface area contributed by atoms with Crippen molar-refractivity contribution in [3.8, 4) is 5.75 Å². The van der Waals surface area contributed by atoms with Gasteiger partial charge in [0.25, 0.3) is 0 Å². The number of amides is 2. The van der Waals surface area contributed by atoms with Crippen molar-refractivity contribution in [3.63, 3.8) is 0 Å². The summed E-state index contributed by atoms with van der Waals surface area (Å²) in [6, 6.07) is 7.45. The standard InChI is InChI=1S/C16H19N3O3S2/c1-2-22-13-5-3-11(4-6-13)7-15(21)19-16-18-12(9-24-16)8-23-10-14(17)20/h3-6,9H,2,7-8,10H2,1H3,(H2,17,20)(H,18,19,21). The Hall–Kier alpha value is -2.06. The molecule has 0 atom stereocenters. The average Bonchev–Trinajstić information content (AvgIpc) is 2.96. The van der Waals surface area contributed by atoms with Gasteiger partial charge < -0.3 is 15.8 Å². The van der Waals surface area contributed by atoms with Crippen LogP contribution in [0.25, 0.3) is 0 Å². The Morgan fingerprint density at radius 1 is 1.33 bits per heavy atom. The Bertz CT molecular complexity index is 686. The molecule has 1 heterocycles. The lowest BCUT2D eigenvalue weighted by atomic mass is 10.1. The summed E-state index contributed by atoms with van der Waals surface area (Å²) in [5, 5.41) is 5.20. The molecule has 1 aromatic carbocycles. The second-order valence-electron chi connectivity index (χ2n) is 4.91. The third-order valence-corrected chi connectivity index (χ3v) is 4.69. The summed E-state index contributed by atoms with van der Waals surface area (Å²) in [6.45, 7) is 2.54. The Labute approximate surface area is 148 Å². The van der Waals surface area contributed by atoms with Crippen molar-refractivity contribution in [1.82, 2.24) is 4.98 Å². The number of carbonyl (C=O) groups excluding carboxylic acids is 2. The molecule has 3 N–H and O–H groups in total. The van der Waals surface area contributed by atoms with Crippen LogP contribution in [0.2, 0.25) is 0 Å². The smallest absolute Gasteiger partial charge is 0.230 e. The molecular formula is C16H19N3O3S2. The molecule has 128 valence electrons. The quantitative estimate of drug-likeness (QED) is 0.712. The highest BCUT2D eigenvalue weighted by Crippen LogP contribution is 2.20. The molecule has 1 aromatic heterocycles. The monoisotopic (exact) mass is 365 g/mol. The van der Waals surface area contributed by atoms with E-state index in [-0.39, 0.29) is 24.0 Å². The molecule has 0 fully saturated rings. The number of hydrogen-bond acceptors (Lipinski definition) is 6. The number of nitrogens with one attached hydrogen (secondary N) is 1. The minimum absolute atomic E-state index is 0.121. The predicted molar refractivity (Wildman–Crippen MR) is 97.4 cm³/mol. The normalized spacial score (nSPS) is 10.4. The van der Waals surface area contributed by atoms with Crippen LogP contribution in [0.4, 0.5) is 5.13 Å². The number of carbonyl (C=O) groups is 2. The van der Waals surface area contributed by atoms with Gasteiger partial charge in [-0.2, -0.15) is 0 Å². The lowest BCUT2D eigenvalue weighted by Crippen LogP contribution is -2.14. The molecule has 8 heteroatoms. The fourth-order valence-corrected chi connectivity index (χ4v) is 3.40. The van der Waals surface area contributed by atoms with Crippen LogP contribution < -0.4 is 15.8 Å². The summed E-state index contributed by atoms with van der Waals surface area (Å²) in [4.78, 5) is 27.1. The van der Waals surface area contributed by atoms with Crippen LogP contribution in [0, 0.1) is 0 Å². The summed E-state index contributed by atoms with van der Waals surface area (Å²) in [5.41, 5.74) is 6.81. The average molecular weight is 365 g/mol. The van der Waals surface area contributed by atoms with Crippen LogP contribution in [0.3, 0.4) is 0 Å². The van der Waals surface area contributed by atoms with Gasteiger partial charge in [0.05, 0.1) is 24.5 Å². The SMILES string of the molecule is CCOc1ccc(CC(=O)Nc2nc(CSCC(N)=O)cs2)cc1. The van der Waals surface area contributed by atoms with Gasteiger partial charge in [0.15, 0.2) is 5.13 Å². The molecule has 0 unspecified atom stereocenters. The van der Waals surface area contributed by atoms with E-state index in [2.05, 4.69) is 10.3 Å². The number of hydrogen-bond donors (Lipinski definition) is 2. The van der Waals surface area contributed by atoms with E-state index in [1.54, 1.807) is 0 Å². The molecule has 0 aliphatic carbocycles. The molecule has 6 nitrogen and oxygen atoms in total. The highest BCUT2D eigenvalue weighted by atomic mass is 32.2. The molecule has 0 saturated heterocycles. The minimum Gasteiger partial charge on any atom is -0.494 e. The first kappa shape index (κ1) is 18.3. The molecule has 2 rings (SSSR count). The van der Waals surface area contributed by atoms with Crippen LogP contribution in [0.15, 0.2) is 29.6 Å². The van der Waals surface area contributed by atoms with Crippen molar-refractivity contribution in [2.45, 2.75) is 19.1 Å². The fourth-order valence-electron chi connectivity index (χ4n) is 1.91. The summed E-state index contributed by atoms with van der Waals surface area (Å²) in [6.07, 6.45) is 0.276. The number of nitrogens with zero attached hydrogens (tertiary/aromatic N) is 1. The van der Waals surface area contributed by atoms with Gasteiger partial charge in [-0.25, -0.2) is 4.98 Å². The number of primary amides is 1. The number of thioether (sulfide) groups is 1. The molecule has 0 radical (unpaired) electrons. The summed E-state index contributed by atoms with van der Waals surface area (Å²) < 4.78 is 5.37. The maximum atomic E-state index is 12.1. The maximum Gasteiger partial charge on any atom is 0.230 e. The van der Waals surface area contributed by atoms with Crippen molar-refractivity contribution < 1.29 is 14.3 Å². The van der Waals surface area contributed by atoms with Gasteiger partial charge in [-0.15, -0.1) is 23.1 Å². The molecular weight excluding hydrogens is 346 g/mol. The van der Waals surface area contributed by atoms with Crippen LogP contribution in [-0.2, 0) is 21.8 Å². The number of nitrogens with two attached hydrogens (primary N) is 1. The summed E-state index contributed by atoms with van der Waals surface area (Å²) in [5.74, 6) is 1.18. The zero-order valence-corrected chi connectivity index (χ0v) is 14.9. The molecule has 0 spiro atoms. The van der Waals surface area contributed by atoms with Crippen molar-refractivity contribution in [1.29, 1.82) is 0 Å². The lowest BCUT2D eigenvalue weighted by molar-refractivity contribution is -0.116. The molecule has 24 heavy (non-hydrogen) atoms. The van der Waals surface area contributed by atoms with Gasteiger partial charge in [-0.1, -0.05) is 12.1 Å². The first-order valence-electron chi connectivity index (χ1n) is 7.39. The number of thiazole rings is 1. The van der Waals surface area contributed by atoms with Gasteiger partial charge >= 0.3 is 0 Å². The van der Waals surface area contributed by atoms with Crippen LogP contribution in [0.5, 0.6) is 5.75 Å². The molecule has 0 aliphatic rings. The van der Waals surface area contributed by atoms with Gasteiger partial charge in [0.1, 0.15) is 5.75 Å². The third-order valence-electron chi connectivity index (χ3n) is 2.89. The van der Waals surface area contributed by atoms with E-state index < -0.39 is 0 Å². The van der Waals surface area contributed by atoms with Crippen molar-refractivity contribution in [2.24, 2.45) is 5.73 Å². The maximum absolute atomic E-state index is 12.1. The molecule has 0 saturated carbocycles. The van der Waals surface area contributed by atoms with E-state index in [0.717, 1.165) is 17.0 Å². The number of benzene rings is 1. The lowest BCUT2D eigenvalue weighted by Gasteiger charge is -2.05. The molecule has 2 amide bonds. The molecule has 2 aromatic rings. The summed E-state index contributed by atoms with van der Waals surface area (Å²) >= 11 is 2.76. The second kappa shape index (κ2) is 9.29. The number of aromatic nitrogens is 1. The number of ether oxygens (including phenoxy) is 1. The highest BCUT2D eigenvalue weighted by Gasteiger charge is 2.08. The zero-order valence-electron chi connectivity index (χ0n) is 13.3. The minimum atomic E-state index is -0.348. The van der Waals surface area contributed by atoms with Crippen molar-refractivity contribution in [2.75, 3.05) is 17.7 Å². The highest BCUT2D eigenvalue weighted by molar-refractivity contribution is 7.99. The number of rotatable bonds is 9. The topological polar surface area (TPSA) is 94.3 Å². The Morgan fingerprint density at radius 2 is 2.08 bits per heavy atom. The molecule has 0 aliphatic heterocycles. The Morgan fingerprint density at radius 3 is 2.75 bits per heavy atom. The van der Waals surface area contributed by atoms with Crippen LogP contribution in [-0.4, -0.2) is 29.2 Å². The molecule has 0 bridgehead atoms. The van der Waals surface area contributed by atoms with Gasteiger partial charge in [0.2, 0.25) is 11.8 Å². The Balaban J connectivity index is 1.81. The van der Waals surface area contributed by atoms with Crippen LogP contribution in [0.1, 0.15) is 18.2 Å². The Kier molecular flexibility index (Phi) is 7.07. The second-order valence-corrected chi connectivity index (χ2v) is 6.75. The van der Waals surface area contributed by atoms with Gasteiger partial charge in [-0.3, -0.25) is 9.59 Å². The van der Waals surface area contributed by atoms with Crippen molar-refractivity contribution in [3.05, 3.63) is 40.9 Å². The van der Waals surface area contributed by atoms with E-state index in [9.17, 15) is 9.59 Å². The van der Waals surface area contributed by atoms with Gasteiger partial charge in [-0.05, 0) is 24.6 Å².